The first-order chi connectivity index (χ1) is 14.8. The Bertz CT molecular complexity index is 774. The summed E-state index contributed by atoms with van der Waals surface area (Å²) in [6.45, 7) is 14.0. The third-order valence-electron chi connectivity index (χ3n) is 5.65. The van der Waals surface area contributed by atoms with E-state index in [-0.39, 0.29) is 17.7 Å². The highest BCUT2D eigenvalue weighted by atomic mass is 16.2. The Morgan fingerprint density at radius 3 is 2.35 bits per heavy atom. The van der Waals surface area contributed by atoms with Gasteiger partial charge in [0.1, 0.15) is 0 Å². The summed E-state index contributed by atoms with van der Waals surface area (Å²) >= 11 is 0. The number of amides is 3. The Morgan fingerprint density at radius 2 is 1.74 bits per heavy atom. The summed E-state index contributed by atoms with van der Waals surface area (Å²) in [5, 5.41) is 2.86. The summed E-state index contributed by atoms with van der Waals surface area (Å²) in [6.07, 6.45) is 1.81. The highest BCUT2D eigenvalue weighted by Gasteiger charge is 2.24. The van der Waals surface area contributed by atoms with Crippen molar-refractivity contribution in [3.63, 3.8) is 0 Å². The van der Waals surface area contributed by atoms with E-state index in [0.717, 1.165) is 25.2 Å². The molecule has 0 bridgehead atoms. The second-order valence-electron chi connectivity index (χ2n) is 8.43. The molecule has 0 saturated carbocycles. The van der Waals surface area contributed by atoms with Crippen molar-refractivity contribution in [1.29, 1.82) is 0 Å². The number of rotatable bonds is 8. The van der Waals surface area contributed by atoms with Crippen molar-refractivity contribution in [1.82, 2.24) is 9.80 Å². The fourth-order valence-corrected chi connectivity index (χ4v) is 3.88. The van der Waals surface area contributed by atoms with Gasteiger partial charge in [-0.25, -0.2) is 0 Å². The van der Waals surface area contributed by atoms with E-state index in [4.69, 9.17) is 0 Å². The second-order valence-corrected chi connectivity index (χ2v) is 8.43. The first kappa shape index (κ1) is 24.7. The van der Waals surface area contributed by atoms with Crippen molar-refractivity contribution in [2.45, 2.75) is 53.9 Å². The third-order valence-corrected chi connectivity index (χ3v) is 5.65. The lowest BCUT2D eigenvalue weighted by molar-refractivity contribution is -0.131. The maximum Gasteiger partial charge on any atom is 0.256 e. The minimum Gasteiger partial charge on any atom is -0.369 e. The predicted octanol–water partition coefficient (Wildman–Crippen LogP) is 3.60. The number of hydrogen-bond donors (Lipinski definition) is 1. The van der Waals surface area contributed by atoms with Gasteiger partial charge in [0.15, 0.2) is 0 Å². The standard InChI is InChI=1S/C24H38N4O3/c1-6-22(29)25-19-10-11-21(20(17-19)24(31)26(7-2)8-3)27-12-9-13-28(15-14-27)23(30)16-18(4)5/h10-11,17-18H,6-9,12-16H2,1-5H3,(H,25,29). The Balaban J connectivity index is 2.30. The van der Waals surface area contributed by atoms with Crippen molar-refractivity contribution in [3.05, 3.63) is 23.8 Å². The SMILES string of the molecule is CCC(=O)Nc1ccc(N2CCCN(C(=O)CC(C)C)CC2)c(C(=O)N(CC)CC)c1. The highest BCUT2D eigenvalue weighted by Crippen LogP contribution is 2.27. The zero-order valence-corrected chi connectivity index (χ0v) is 19.7. The molecule has 1 aliphatic rings. The molecule has 0 unspecified atom stereocenters. The zero-order valence-electron chi connectivity index (χ0n) is 19.7. The maximum absolute atomic E-state index is 13.3. The molecule has 1 aromatic rings. The second kappa shape index (κ2) is 11.7. The van der Waals surface area contributed by atoms with Crippen LogP contribution >= 0.6 is 0 Å². The van der Waals surface area contributed by atoms with Crippen LogP contribution < -0.4 is 10.2 Å². The van der Waals surface area contributed by atoms with E-state index < -0.39 is 0 Å². The molecule has 1 heterocycles. The molecule has 1 aromatic carbocycles. The molecule has 7 nitrogen and oxygen atoms in total. The molecule has 7 heteroatoms. The normalized spacial score (nSPS) is 14.4. The van der Waals surface area contributed by atoms with Crippen molar-refractivity contribution < 1.29 is 14.4 Å². The van der Waals surface area contributed by atoms with Gasteiger partial charge in [0, 0.05) is 63.5 Å². The van der Waals surface area contributed by atoms with E-state index in [2.05, 4.69) is 24.1 Å². The van der Waals surface area contributed by atoms with Gasteiger partial charge in [-0.3, -0.25) is 14.4 Å². The minimum atomic E-state index is -0.0805. The summed E-state index contributed by atoms with van der Waals surface area (Å²) in [6, 6.07) is 5.57. The number of carbonyl (C=O) groups excluding carboxylic acids is 3. The van der Waals surface area contributed by atoms with E-state index in [1.165, 1.54) is 0 Å². The van der Waals surface area contributed by atoms with Crippen molar-refractivity contribution in [3.8, 4) is 0 Å². The van der Waals surface area contributed by atoms with Crippen LogP contribution in [0.4, 0.5) is 11.4 Å². The number of benzene rings is 1. The Morgan fingerprint density at radius 1 is 1.03 bits per heavy atom. The quantitative estimate of drug-likeness (QED) is 0.684. The van der Waals surface area contributed by atoms with Crippen LogP contribution in [0.25, 0.3) is 0 Å². The van der Waals surface area contributed by atoms with Crippen LogP contribution in [0.15, 0.2) is 18.2 Å². The summed E-state index contributed by atoms with van der Waals surface area (Å²) in [5.74, 6) is 0.428. The van der Waals surface area contributed by atoms with Crippen LogP contribution in [0.2, 0.25) is 0 Å². The molecule has 0 atom stereocenters. The van der Waals surface area contributed by atoms with E-state index in [0.29, 0.717) is 56.2 Å². The van der Waals surface area contributed by atoms with Gasteiger partial charge in [-0.05, 0) is 44.4 Å². The predicted molar refractivity (Wildman–Crippen MR) is 125 cm³/mol. The Labute approximate surface area is 186 Å². The van der Waals surface area contributed by atoms with E-state index in [1.54, 1.807) is 17.9 Å². The van der Waals surface area contributed by atoms with Gasteiger partial charge in [-0.15, -0.1) is 0 Å². The molecular formula is C24H38N4O3. The van der Waals surface area contributed by atoms with Gasteiger partial charge in [0.2, 0.25) is 11.8 Å². The molecule has 3 amide bonds. The fraction of sp³-hybridized carbons (Fsp3) is 0.625. The van der Waals surface area contributed by atoms with Gasteiger partial charge in [0.25, 0.3) is 5.91 Å². The first-order valence-corrected chi connectivity index (χ1v) is 11.6. The highest BCUT2D eigenvalue weighted by molar-refractivity contribution is 6.02. The molecule has 1 N–H and O–H groups in total. The maximum atomic E-state index is 13.3. The lowest BCUT2D eigenvalue weighted by Gasteiger charge is -2.28. The van der Waals surface area contributed by atoms with Gasteiger partial charge in [-0.1, -0.05) is 20.8 Å². The van der Waals surface area contributed by atoms with Crippen LogP contribution in [0.1, 0.15) is 64.2 Å². The molecule has 1 fully saturated rings. The molecule has 1 aliphatic heterocycles. The zero-order chi connectivity index (χ0) is 23.0. The van der Waals surface area contributed by atoms with Gasteiger partial charge in [-0.2, -0.15) is 0 Å². The average Bonchev–Trinajstić information content (AvgIpc) is 3.00. The van der Waals surface area contributed by atoms with Crippen molar-refractivity contribution >= 4 is 29.1 Å². The van der Waals surface area contributed by atoms with E-state index in [1.807, 2.05) is 30.9 Å². The molecule has 172 valence electrons. The lowest BCUT2D eigenvalue weighted by atomic mass is 10.1. The van der Waals surface area contributed by atoms with Crippen LogP contribution in [0.5, 0.6) is 0 Å². The summed E-state index contributed by atoms with van der Waals surface area (Å²) in [5.41, 5.74) is 2.10. The van der Waals surface area contributed by atoms with Crippen molar-refractivity contribution in [2.24, 2.45) is 5.92 Å². The number of carbonyl (C=O) groups is 3. The number of nitrogens with zero attached hydrogens (tertiary/aromatic N) is 3. The lowest BCUT2D eigenvalue weighted by Crippen LogP contribution is -2.37. The van der Waals surface area contributed by atoms with Gasteiger partial charge >= 0.3 is 0 Å². The largest absolute Gasteiger partial charge is 0.369 e. The van der Waals surface area contributed by atoms with E-state index in [9.17, 15) is 14.4 Å². The molecule has 2 rings (SSSR count). The molecule has 0 radical (unpaired) electrons. The van der Waals surface area contributed by atoms with Crippen LogP contribution in [-0.4, -0.2) is 66.8 Å². The molecule has 1 saturated heterocycles. The minimum absolute atomic E-state index is 0.0374. The van der Waals surface area contributed by atoms with Crippen LogP contribution in [0.3, 0.4) is 0 Å². The van der Waals surface area contributed by atoms with Gasteiger partial charge < -0.3 is 20.0 Å². The third kappa shape index (κ3) is 6.71. The van der Waals surface area contributed by atoms with E-state index >= 15 is 0 Å². The Hall–Kier alpha value is -2.57. The fourth-order valence-electron chi connectivity index (χ4n) is 3.88. The van der Waals surface area contributed by atoms with Crippen LogP contribution in [-0.2, 0) is 9.59 Å². The summed E-state index contributed by atoms with van der Waals surface area (Å²) < 4.78 is 0. The molecule has 0 aliphatic carbocycles. The molecular weight excluding hydrogens is 392 g/mol. The topological polar surface area (TPSA) is 73.0 Å². The first-order valence-electron chi connectivity index (χ1n) is 11.6. The Kier molecular flexibility index (Phi) is 9.34. The number of nitrogens with one attached hydrogen (secondary N) is 1. The number of hydrogen-bond acceptors (Lipinski definition) is 4. The molecule has 0 aromatic heterocycles. The van der Waals surface area contributed by atoms with Crippen molar-refractivity contribution in [2.75, 3.05) is 49.5 Å². The van der Waals surface area contributed by atoms with Crippen LogP contribution in [0, 0.1) is 5.92 Å². The number of anilines is 2. The smallest absolute Gasteiger partial charge is 0.256 e. The monoisotopic (exact) mass is 430 g/mol. The summed E-state index contributed by atoms with van der Waals surface area (Å²) in [4.78, 5) is 43.6. The average molecular weight is 431 g/mol. The van der Waals surface area contributed by atoms with Gasteiger partial charge in [0.05, 0.1) is 5.56 Å². The summed E-state index contributed by atoms with van der Waals surface area (Å²) in [7, 11) is 0. The molecule has 0 spiro atoms. The molecule has 31 heavy (non-hydrogen) atoms.